The summed E-state index contributed by atoms with van der Waals surface area (Å²) >= 11 is 0. The Balaban J connectivity index is -0.0000000800. The Morgan fingerprint density at radius 2 is 1.14 bits per heavy atom. The van der Waals surface area contributed by atoms with Crippen molar-refractivity contribution >= 4 is 10.4 Å². The summed E-state index contributed by atoms with van der Waals surface area (Å²) in [6.45, 7) is 0. The first-order valence-corrected chi connectivity index (χ1v) is 2.00. The molecule has 0 atom stereocenters. The van der Waals surface area contributed by atoms with Crippen LogP contribution >= 0.6 is 0 Å². The van der Waals surface area contributed by atoms with Gasteiger partial charge in [0.1, 0.15) is 0 Å². The molecule has 1 radical (unpaired) electrons. The summed E-state index contributed by atoms with van der Waals surface area (Å²) in [5.41, 5.74) is 0. The van der Waals surface area contributed by atoms with Crippen LogP contribution in [-0.2, 0) is 49.8 Å². The van der Waals surface area contributed by atoms with Gasteiger partial charge in [0.25, 0.3) is 0 Å². The van der Waals surface area contributed by atoms with Gasteiger partial charge in [-0.2, -0.15) is 0 Å². The fourth-order valence-corrected chi connectivity index (χ4v) is 0. The van der Waals surface area contributed by atoms with E-state index in [4.69, 9.17) is 17.5 Å². The monoisotopic (exact) mass is 266 g/mol. The van der Waals surface area contributed by atoms with E-state index in [1.54, 1.807) is 0 Å². The molecule has 0 rings (SSSR count). The van der Waals surface area contributed by atoms with E-state index in [-0.39, 0.29) is 39.4 Å². The van der Waals surface area contributed by atoms with E-state index in [9.17, 15) is 0 Å². The zero-order chi connectivity index (χ0) is 4.50. The van der Waals surface area contributed by atoms with E-state index in [1.807, 2.05) is 0 Å². The first-order valence-electron chi connectivity index (χ1n) is 0.667. The third kappa shape index (κ3) is 147. The first-order chi connectivity index (χ1) is 2.00. The van der Waals surface area contributed by atoms with Gasteiger partial charge in [-0.3, -0.25) is 8.42 Å². The fraction of sp³-hybridized carbons (Fsp3) is 0. The van der Waals surface area contributed by atoms with E-state index in [0.29, 0.717) is 0 Å². The SMILES string of the molecule is O=S(=O)([O-])[O-].[Ag+].[Cu+2]. The van der Waals surface area contributed by atoms with Crippen LogP contribution in [0.3, 0.4) is 0 Å². The molecule has 0 aromatic carbocycles. The van der Waals surface area contributed by atoms with Crippen LogP contribution in [0.15, 0.2) is 0 Å². The minimum Gasteiger partial charge on any atom is -0.759 e. The second-order valence-electron chi connectivity index (χ2n) is 0.408. The van der Waals surface area contributed by atoms with Gasteiger partial charge >= 0.3 is 39.4 Å². The predicted molar refractivity (Wildman–Crippen MR) is 10.5 cm³/mol. The summed E-state index contributed by atoms with van der Waals surface area (Å²) in [6.07, 6.45) is 0. The number of rotatable bonds is 0. The normalized spacial score (nSPS) is 8.29. The molecule has 4 nitrogen and oxygen atoms in total. The van der Waals surface area contributed by atoms with E-state index >= 15 is 0 Å². The Morgan fingerprint density at radius 3 is 1.14 bits per heavy atom. The molecule has 0 heterocycles. The van der Waals surface area contributed by atoms with Gasteiger partial charge in [-0.05, 0) is 0 Å². The number of hydrogen-bond acceptors (Lipinski definition) is 4. The van der Waals surface area contributed by atoms with Crippen LogP contribution in [0, 0.1) is 0 Å². The van der Waals surface area contributed by atoms with Crippen LogP contribution in [0.5, 0.6) is 0 Å². The quantitative estimate of drug-likeness (QED) is 0.309. The summed E-state index contributed by atoms with van der Waals surface area (Å²) in [4.78, 5) is 0. The Morgan fingerprint density at radius 1 is 1.14 bits per heavy atom. The van der Waals surface area contributed by atoms with Crippen molar-refractivity contribution in [2.24, 2.45) is 0 Å². The van der Waals surface area contributed by atoms with Crippen molar-refractivity contribution in [3.63, 3.8) is 0 Å². The summed E-state index contributed by atoms with van der Waals surface area (Å²) in [6, 6.07) is 0. The zero-order valence-electron chi connectivity index (χ0n) is 2.64. The molecule has 0 fully saturated rings. The van der Waals surface area contributed by atoms with Gasteiger partial charge in [-0.25, -0.2) is 0 Å². The topological polar surface area (TPSA) is 80.3 Å². The zero-order valence-corrected chi connectivity index (χ0v) is 5.88. The maximum absolute atomic E-state index is 8.52. The number of hydrogen-bond donors (Lipinski definition) is 0. The fourth-order valence-electron chi connectivity index (χ4n) is 0. The average Bonchev–Trinajstić information content (AvgIpc) is 0.722. The predicted octanol–water partition coefficient (Wildman–Crippen LogP) is -1.34. The van der Waals surface area contributed by atoms with Crippen LogP contribution < -0.4 is 0 Å². The van der Waals surface area contributed by atoms with Crippen molar-refractivity contribution in [1.82, 2.24) is 0 Å². The van der Waals surface area contributed by atoms with Crippen LogP contribution in [0.4, 0.5) is 0 Å². The molecular formula is AgCuO4S+. The van der Waals surface area contributed by atoms with E-state index < -0.39 is 10.4 Å². The minimum atomic E-state index is -5.17. The molecule has 0 aromatic heterocycles. The van der Waals surface area contributed by atoms with Crippen molar-refractivity contribution in [3.05, 3.63) is 0 Å². The summed E-state index contributed by atoms with van der Waals surface area (Å²) in [5.74, 6) is 0. The molecule has 51 valence electrons. The van der Waals surface area contributed by atoms with Crippen molar-refractivity contribution in [3.8, 4) is 0 Å². The van der Waals surface area contributed by atoms with Crippen molar-refractivity contribution < 1.29 is 57.0 Å². The standard InChI is InChI=1S/Ag.Cu.H2O4S/c;;1-5(2,3)4/h;;(H2,1,2,3,4)/q+1;+2;/p-2. The van der Waals surface area contributed by atoms with Crippen molar-refractivity contribution in [2.45, 2.75) is 0 Å². The third-order valence-electron chi connectivity index (χ3n) is 0. The molecule has 0 aliphatic rings. The van der Waals surface area contributed by atoms with Gasteiger partial charge in [0, 0.05) is 10.4 Å². The molecule has 7 heteroatoms. The van der Waals surface area contributed by atoms with Gasteiger partial charge < -0.3 is 9.11 Å². The summed E-state index contributed by atoms with van der Waals surface area (Å²) < 4.78 is 34.1. The van der Waals surface area contributed by atoms with E-state index in [0.717, 1.165) is 0 Å². The van der Waals surface area contributed by atoms with Crippen LogP contribution in [-0.4, -0.2) is 17.5 Å². The Labute approximate surface area is 67.2 Å². The van der Waals surface area contributed by atoms with Crippen LogP contribution in [0.2, 0.25) is 0 Å². The molecular weight excluding hydrogens is 267 g/mol. The molecule has 0 saturated carbocycles. The third-order valence-corrected chi connectivity index (χ3v) is 0. The maximum Gasteiger partial charge on any atom is 2.00 e. The smallest absolute Gasteiger partial charge is 0.759 e. The van der Waals surface area contributed by atoms with Crippen molar-refractivity contribution in [2.75, 3.05) is 0 Å². The molecule has 0 bridgehead atoms. The minimum absolute atomic E-state index is 0. The summed E-state index contributed by atoms with van der Waals surface area (Å²) in [5, 5.41) is 0. The Hall–Kier alpha value is 1.13. The summed E-state index contributed by atoms with van der Waals surface area (Å²) in [7, 11) is -5.17. The van der Waals surface area contributed by atoms with Gasteiger partial charge in [-0.1, -0.05) is 0 Å². The molecule has 0 amide bonds. The van der Waals surface area contributed by atoms with Crippen LogP contribution in [0.25, 0.3) is 0 Å². The first kappa shape index (κ1) is 15.7. The molecule has 0 aliphatic carbocycles. The van der Waals surface area contributed by atoms with Gasteiger partial charge in [0.15, 0.2) is 0 Å². The largest absolute Gasteiger partial charge is 2.00 e. The molecule has 0 saturated heterocycles. The maximum atomic E-state index is 8.52. The van der Waals surface area contributed by atoms with Crippen molar-refractivity contribution in [1.29, 1.82) is 0 Å². The molecule has 0 spiro atoms. The van der Waals surface area contributed by atoms with Gasteiger partial charge in [-0.15, -0.1) is 0 Å². The van der Waals surface area contributed by atoms with Gasteiger partial charge in [0.2, 0.25) is 0 Å². The second kappa shape index (κ2) is 5.27. The molecule has 7 heavy (non-hydrogen) atoms. The second-order valence-corrected chi connectivity index (χ2v) is 1.22. The Bertz CT molecular complexity index is 94.9. The Kier molecular flexibility index (Phi) is 11.8. The molecule has 0 aromatic rings. The van der Waals surface area contributed by atoms with Gasteiger partial charge in [0.05, 0.1) is 0 Å². The average molecular weight is 267 g/mol. The molecule has 0 unspecified atom stereocenters. The van der Waals surface area contributed by atoms with E-state index in [2.05, 4.69) is 0 Å². The van der Waals surface area contributed by atoms with E-state index in [1.165, 1.54) is 0 Å². The molecule has 0 N–H and O–H groups in total. The molecule has 0 aliphatic heterocycles. The van der Waals surface area contributed by atoms with Crippen LogP contribution in [0.1, 0.15) is 0 Å².